The third-order valence-electron chi connectivity index (χ3n) is 2.68. The lowest BCUT2D eigenvalue weighted by Gasteiger charge is -2.09. The maximum Gasteiger partial charge on any atom is 0.191 e. The van der Waals surface area contributed by atoms with Crippen LogP contribution in [0.1, 0.15) is 20.8 Å². The molecule has 1 heterocycles. The molecule has 0 saturated carbocycles. The van der Waals surface area contributed by atoms with Crippen LogP contribution in [0.25, 0.3) is 15.8 Å². The monoisotopic (exact) mass is 216 g/mol. The van der Waals surface area contributed by atoms with Crippen LogP contribution in [0.4, 0.5) is 0 Å². The molecular formula is C12H8O2S. The first-order chi connectivity index (χ1) is 7.18. The zero-order valence-corrected chi connectivity index (χ0v) is 8.89. The number of hydrogen-bond acceptors (Lipinski definition) is 3. The van der Waals surface area contributed by atoms with Crippen LogP contribution in [0.5, 0.6) is 0 Å². The summed E-state index contributed by atoms with van der Waals surface area (Å²) < 4.78 is 1.06. The van der Waals surface area contributed by atoms with E-state index in [1.165, 1.54) is 6.08 Å². The van der Waals surface area contributed by atoms with Crippen LogP contribution in [-0.2, 0) is 0 Å². The average molecular weight is 216 g/mol. The third-order valence-corrected chi connectivity index (χ3v) is 3.75. The van der Waals surface area contributed by atoms with Crippen molar-refractivity contribution in [1.29, 1.82) is 0 Å². The van der Waals surface area contributed by atoms with Gasteiger partial charge in [-0.05, 0) is 13.0 Å². The van der Waals surface area contributed by atoms with E-state index in [0.717, 1.165) is 26.1 Å². The molecule has 0 fully saturated rings. The van der Waals surface area contributed by atoms with Crippen LogP contribution in [0, 0.1) is 6.92 Å². The molecular weight excluding hydrogens is 208 g/mol. The van der Waals surface area contributed by atoms with Gasteiger partial charge in [-0.15, -0.1) is 11.3 Å². The van der Waals surface area contributed by atoms with Gasteiger partial charge in [-0.3, -0.25) is 4.79 Å². The fourth-order valence-corrected chi connectivity index (χ4v) is 3.15. The van der Waals surface area contributed by atoms with Crippen molar-refractivity contribution >= 4 is 33.0 Å². The quantitative estimate of drug-likeness (QED) is 0.733. The SMILES string of the molecule is Cc1sc2cccc3c2c1C(=O)C=C3O. The molecule has 1 aliphatic carbocycles. The van der Waals surface area contributed by atoms with Crippen molar-refractivity contribution in [3.8, 4) is 0 Å². The highest BCUT2D eigenvalue weighted by atomic mass is 32.1. The van der Waals surface area contributed by atoms with E-state index in [9.17, 15) is 9.90 Å². The van der Waals surface area contributed by atoms with E-state index in [0.29, 0.717) is 0 Å². The Kier molecular flexibility index (Phi) is 1.56. The summed E-state index contributed by atoms with van der Waals surface area (Å²) in [7, 11) is 0. The molecule has 0 amide bonds. The van der Waals surface area contributed by atoms with Crippen molar-refractivity contribution in [2.45, 2.75) is 6.92 Å². The first-order valence-corrected chi connectivity index (χ1v) is 5.47. The predicted molar refractivity (Wildman–Crippen MR) is 61.5 cm³/mol. The molecule has 0 aliphatic heterocycles. The second kappa shape index (κ2) is 2.70. The van der Waals surface area contributed by atoms with Gasteiger partial charge >= 0.3 is 0 Å². The molecule has 0 bridgehead atoms. The van der Waals surface area contributed by atoms with Gasteiger partial charge in [-0.2, -0.15) is 0 Å². The second-order valence-corrected chi connectivity index (χ2v) is 4.86. The largest absolute Gasteiger partial charge is 0.507 e. The maximum absolute atomic E-state index is 11.7. The van der Waals surface area contributed by atoms with Gasteiger partial charge in [-0.25, -0.2) is 0 Å². The van der Waals surface area contributed by atoms with Crippen molar-refractivity contribution in [3.05, 3.63) is 40.3 Å². The molecule has 1 N–H and O–H groups in total. The van der Waals surface area contributed by atoms with Gasteiger partial charge in [0.25, 0.3) is 0 Å². The normalized spacial score (nSPS) is 14.5. The maximum atomic E-state index is 11.7. The standard InChI is InChI=1S/C12H8O2S/c1-6-11-9(14)5-8(13)7-3-2-4-10(15-6)12(7)11/h2-5,13H,1H3. The number of rotatable bonds is 0. The molecule has 0 spiro atoms. The predicted octanol–water partition coefficient (Wildman–Crippen LogP) is 3.30. The lowest BCUT2D eigenvalue weighted by molar-refractivity contribution is 0.104. The van der Waals surface area contributed by atoms with E-state index in [4.69, 9.17) is 0 Å². The summed E-state index contributed by atoms with van der Waals surface area (Å²) >= 11 is 1.60. The van der Waals surface area contributed by atoms with E-state index in [1.54, 1.807) is 11.3 Å². The first-order valence-electron chi connectivity index (χ1n) is 4.66. The Bertz CT molecular complexity index is 620. The highest BCUT2D eigenvalue weighted by molar-refractivity contribution is 7.19. The number of allylic oxidation sites excluding steroid dienone is 1. The van der Waals surface area contributed by atoms with Crippen molar-refractivity contribution in [3.63, 3.8) is 0 Å². The van der Waals surface area contributed by atoms with Gasteiger partial charge in [0.1, 0.15) is 5.76 Å². The molecule has 1 aromatic heterocycles. The molecule has 0 saturated heterocycles. The van der Waals surface area contributed by atoms with Crippen LogP contribution in [0.3, 0.4) is 0 Å². The lowest BCUT2D eigenvalue weighted by atomic mass is 9.95. The van der Waals surface area contributed by atoms with E-state index in [-0.39, 0.29) is 11.5 Å². The average Bonchev–Trinajstić information content (AvgIpc) is 2.51. The zero-order chi connectivity index (χ0) is 10.6. The number of benzene rings is 1. The van der Waals surface area contributed by atoms with Crippen LogP contribution < -0.4 is 0 Å². The molecule has 0 atom stereocenters. The molecule has 3 rings (SSSR count). The smallest absolute Gasteiger partial charge is 0.191 e. The number of aliphatic hydroxyl groups excluding tert-OH is 1. The number of aryl methyl sites for hydroxylation is 1. The van der Waals surface area contributed by atoms with Gasteiger partial charge in [0.2, 0.25) is 0 Å². The first kappa shape index (κ1) is 8.68. The van der Waals surface area contributed by atoms with Gasteiger partial charge < -0.3 is 5.11 Å². The molecule has 15 heavy (non-hydrogen) atoms. The number of aliphatic hydroxyl groups is 1. The molecule has 74 valence electrons. The second-order valence-electron chi connectivity index (χ2n) is 3.61. The highest BCUT2D eigenvalue weighted by Crippen LogP contribution is 2.38. The Hall–Kier alpha value is -1.61. The van der Waals surface area contributed by atoms with Gasteiger partial charge in [0.15, 0.2) is 5.78 Å². The summed E-state index contributed by atoms with van der Waals surface area (Å²) in [5.74, 6) is -0.00847. The summed E-state index contributed by atoms with van der Waals surface area (Å²) in [6, 6.07) is 5.72. The van der Waals surface area contributed by atoms with Gasteiger partial charge in [-0.1, -0.05) is 12.1 Å². The number of carbonyl (C=O) groups excluding carboxylic acids is 1. The molecule has 2 nitrogen and oxygen atoms in total. The van der Waals surface area contributed by atoms with Crippen molar-refractivity contribution in [2.24, 2.45) is 0 Å². The van der Waals surface area contributed by atoms with E-state index >= 15 is 0 Å². The Morgan fingerprint density at radius 2 is 2.13 bits per heavy atom. The minimum absolute atomic E-state index is 0.0795. The van der Waals surface area contributed by atoms with Crippen LogP contribution >= 0.6 is 11.3 Å². The van der Waals surface area contributed by atoms with Crippen molar-refractivity contribution in [2.75, 3.05) is 0 Å². The summed E-state index contributed by atoms with van der Waals surface area (Å²) in [6.07, 6.45) is 1.30. The fourth-order valence-electron chi connectivity index (χ4n) is 2.05. The number of thiophene rings is 1. The molecule has 0 radical (unpaired) electrons. The molecule has 2 aromatic rings. The minimum atomic E-state index is -0.0880. The van der Waals surface area contributed by atoms with E-state index < -0.39 is 0 Å². The Morgan fingerprint density at radius 3 is 2.93 bits per heavy atom. The summed E-state index contributed by atoms with van der Waals surface area (Å²) in [4.78, 5) is 12.8. The van der Waals surface area contributed by atoms with Crippen molar-refractivity contribution < 1.29 is 9.90 Å². The van der Waals surface area contributed by atoms with Crippen LogP contribution in [0.15, 0.2) is 24.3 Å². The molecule has 3 heteroatoms. The van der Waals surface area contributed by atoms with Gasteiger partial charge in [0.05, 0.1) is 0 Å². The zero-order valence-electron chi connectivity index (χ0n) is 8.07. The van der Waals surface area contributed by atoms with E-state index in [1.807, 2.05) is 25.1 Å². The summed E-state index contributed by atoms with van der Waals surface area (Å²) in [5.41, 5.74) is 1.52. The topological polar surface area (TPSA) is 37.3 Å². The molecule has 1 aliphatic rings. The Morgan fingerprint density at radius 1 is 1.33 bits per heavy atom. The molecule has 0 unspecified atom stereocenters. The Labute approximate surface area is 90.5 Å². The fraction of sp³-hybridized carbons (Fsp3) is 0.0833. The summed E-state index contributed by atoms with van der Waals surface area (Å²) in [5, 5.41) is 10.6. The third kappa shape index (κ3) is 1.01. The molecule has 1 aromatic carbocycles. The van der Waals surface area contributed by atoms with E-state index in [2.05, 4.69) is 0 Å². The number of carbonyl (C=O) groups is 1. The number of ketones is 1. The van der Waals surface area contributed by atoms with Crippen molar-refractivity contribution in [1.82, 2.24) is 0 Å². The lowest BCUT2D eigenvalue weighted by Crippen LogP contribution is -2.03. The summed E-state index contributed by atoms with van der Waals surface area (Å²) in [6.45, 7) is 1.94. The minimum Gasteiger partial charge on any atom is -0.507 e. The number of hydrogen-bond donors (Lipinski definition) is 1. The van der Waals surface area contributed by atoms with Crippen LogP contribution in [0.2, 0.25) is 0 Å². The van der Waals surface area contributed by atoms with Gasteiger partial charge in [0, 0.05) is 32.2 Å². The highest BCUT2D eigenvalue weighted by Gasteiger charge is 2.23. The Balaban J connectivity index is 2.58. The van der Waals surface area contributed by atoms with Crippen LogP contribution in [-0.4, -0.2) is 10.9 Å².